The summed E-state index contributed by atoms with van der Waals surface area (Å²) in [7, 11) is 0. The Morgan fingerprint density at radius 3 is 2.86 bits per heavy atom. The van der Waals surface area contributed by atoms with Gasteiger partial charge in [-0.25, -0.2) is 5.84 Å². The van der Waals surface area contributed by atoms with Gasteiger partial charge in [0.05, 0.1) is 4.92 Å². The molecule has 1 aromatic heterocycles. The number of fused-ring (bicyclic) bond motifs is 1. The van der Waals surface area contributed by atoms with Gasteiger partial charge in [-0.1, -0.05) is 0 Å². The van der Waals surface area contributed by atoms with Gasteiger partial charge in [0.25, 0.3) is 0 Å². The average Bonchev–Trinajstić information content (AvgIpc) is 2.94. The first-order valence-corrected chi connectivity index (χ1v) is 5.87. The zero-order chi connectivity index (χ0) is 14.8. The molecule has 9 heteroatoms. The molecule has 3 rings (SSSR count). The van der Waals surface area contributed by atoms with Crippen molar-refractivity contribution in [3.63, 3.8) is 0 Å². The molecule has 3 N–H and O–H groups in total. The molecule has 21 heavy (non-hydrogen) atoms. The van der Waals surface area contributed by atoms with Gasteiger partial charge in [-0.2, -0.15) is 4.98 Å². The van der Waals surface area contributed by atoms with Crippen LogP contribution in [0.2, 0.25) is 0 Å². The number of nitrogen functional groups attached to an aromatic ring is 1. The molecule has 0 fully saturated rings. The van der Waals surface area contributed by atoms with E-state index in [2.05, 4.69) is 10.4 Å². The van der Waals surface area contributed by atoms with Crippen molar-refractivity contribution in [2.45, 2.75) is 0 Å². The van der Waals surface area contributed by atoms with Crippen LogP contribution in [0.1, 0.15) is 0 Å². The molecule has 0 atom stereocenters. The van der Waals surface area contributed by atoms with Gasteiger partial charge in [-0.15, -0.1) is 0 Å². The van der Waals surface area contributed by atoms with Crippen LogP contribution in [0.3, 0.4) is 0 Å². The van der Waals surface area contributed by atoms with E-state index in [0.717, 1.165) is 0 Å². The van der Waals surface area contributed by atoms with E-state index in [1.54, 1.807) is 18.2 Å². The van der Waals surface area contributed by atoms with Crippen LogP contribution in [-0.2, 0) is 0 Å². The predicted octanol–water partition coefficient (Wildman–Crippen LogP) is 1.80. The Morgan fingerprint density at radius 2 is 2.10 bits per heavy atom. The summed E-state index contributed by atoms with van der Waals surface area (Å²) in [5.41, 5.74) is 2.03. The first-order chi connectivity index (χ1) is 10.2. The summed E-state index contributed by atoms with van der Waals surface area (Å²) in [5, 5.41) is 11.0. The molecule has 108 valence electrons. The van der Waals surface area contributed by atoms with Crippen molar-refractivity contribution in [2.24, 2.45) is 5.84 Å². The number of aromatic nitrogens is 1. The molecule has 0 spiro atoms. The number of ether oxygens (including phenoxy) is 3. The predicted molar refractivity (Wildman–Crippen MR) is 71.3 cm³/mol. The lowest BCUT2D eigenvalue weighted by atomic mass is 10.3. The summed E-state index contributed by atoms with van der Waals surface area (Å²) in [6.45, 7) is 0.129. The minimum atomic E-state index is -0.588. The Bertz CT molecular complexity index is 706. The fraction of sp³-hybridized carbons (Fsp3) is 0.0833. The molecule has 0 amide bonds. The van der Waals surface area contributed by atoms with Gasteiger partial charge in [-0.3, -0.25) is 10.1 Å². The lowest BCUT2D eigenvalue weighted by Gasteiger charge is -2.07. The van der Waals surface area contributed by atoms with Crippen LogP contribution >= 0.6 is 0 Å². The number of rotatable bonds is 4. The molecular weight excluding hydrogens is 280 g/mol. The van der Waals surface area contributed by atoms with Crippen molar-refractivity contribution in [3.8, 4) is 23.1 Å². The number of nitrogens with two attached hydrogens (primary N) is 1. The third-order valence-electron chi connectivity index (χ3n) is 2.74. The van der Waals surface area contributed by atoms with E-state index >= 15 is 0 Å². The Labute approximate surface area is 118 Å². The zero-order valence-corrected chi connectivity index (χ0v) is 10.6. The van der Waals surface area contributed by atoms with E-state index in [1.807, 2.05) is 0 Å². The highest BCUT2D eigenvalue weighted by molar-refractivity contribution is 5.52. The number of nitrogens with one attached hydrogen (secondary N) is 1. The number of hydrogen-bond donors (Lipinski definition) is 2. The second kappa shape index (κ2) is 5.13. The molecule has 2 aromatic rings. The van der Waals surface area contributed by atoms with Crippen molar-refractivity contribution in [1.29, 1.82) is 0 Å². The molecule has 0 radical (unpaired) electrons. The van der Waals surface area contributed by atoms with Gasteiger partial charge in [0.2, 0.25) is 6.79 Å². The van der Waals surface area contributed by atoms with Crippen LogP contribution in [0.15, 0.2) is 30.3 Å². The topological polar surface area (TPSA) is 122 Å². The summed E-state index contributed by atoms with van der Waals surface area (Å²) in [4.78, 5) is 14.3. The number of anilines is 1. The highest BCUT2D eigenvalue weighted by Crippen LogP contribution is 2.38. The van der Waals surface area contributed by atoms with E-state index in [4.69, 9.17) is 20.1 Å². The molecule has 0 bridgehead atoms. The Morgan fingerprint density at radius 1 is 1.29 bits per heavy atom. The maximum atomic E-state index is 11.0. The average molecular weight is 290 g/mol. The van der Waals surface area contributed by atoms with E-state index in [9.17, 15) is 10.1 Å². The van der Waals surface area contributed by atoms with Crippen molar-refractivity contribution in [3.05, 3.63) is 40.4 Å². The SMILES string of the molecule is NNc1ccc([N+](=O)[O-])c(Oc2ccc3c(c2)OCO3)n1. The standard InChI is InChI=1S/C12H10N4O5/c13-15-11-4-2-8(16(17)18)12(14-11)21-7-1-3-9-10(5-7)20-6-19-9/h1-5H,6,13H2,(H,14,15). The fourth-order valence-electron chi connectivity index (χ4n) is 1.78. The third-order valence-corrected chi connectivity index (χ3v) is 2.74. The summed E-state index contributed by atoms with van der Waals surface area (Å²) in [6.07, 6.45) is 0. The quantitative estimate of drug-likeness (QED) is 0.496. The second-order valence-corrected chi connectivity index (χ2v) is 4.04. The van der Waals surface area contributed by atoms with E-state index in [1.165, 1.54) is 12.1 Å². The number of nitro groups is 1. The normalized spacial score (nSPS) is 12.0. The largest absolute Gasteiger partial charge is 0.454 e. The van der Waals surface area contributed by atoms with E-state index in [0.29, 0.717) is 17.2 Å². The second-order valence-electron chi connectivity index (χ2n) is 4.04. The van der Waals surface area contributed by atoms with Gasteiger partial charge in [0, 0.05) is 12.1 Å². The van der Waals surface area contributed by atoms with Gasteiger partial charge >= 0.3 is 11.6 Å². The van der Waals surface area contributed by atoms with E-state index < -0.39 is 4.92 Å². The fourth-order valence-corrected chi connectivity index (χ4v) is 1.78. The molecule has 9 nitrogen and oxygen atoms in total. The van der Waals surface area contributed by atoms with Gasteiger partial charge < -0.3 is 19.6 Å². The summed E-state index contributed by atoms with van der Waals surface area (Å²) >= 11 is 0. The van der Waals surface area contributed by atoms with Crippen LogP contribution in [0, 0.1) is 10.1 Å². The van der Waals surface area contributed by atoms with Crippen molar-refractivity contribution in [2.75, 3.05) is 12.2 Å². The number of pyridine rings is 1. The first-order valence-electron chi connectivity index (χ1n) is 5.87. The molecule has 0 aliphatic carbocycles. The van der Waals surface area contributed by atoms with Crippen LogP contribution in [0.25, 0.3) is 0 Å². The molecule has 0 unspecified atom stereocenters. The maximum Gasteiger partial charge on any atom is 0.331 e. The lowest BCUT2D eigenvalue weighted by Crippen LogP contribution is -2.09. The molecule has 1 aliphatic heterocycles. The summed E-state index contributed by atoms with van der Waals surface area (Å²) in [5.74, 6) is 6.74. The van der Waals surface area contributed by atoms with Crippen LogP contribution < -0.4 is 25.5 Å². The number of benzene rings is 1. The van der Waals surface area contributed by atoms with Gasteiger partial charge in [0.15, 0.2) is 11.5 Å². The van der Waals surface area contributed by atoms with Crippen LogP contribution in [0.5, 0.6) is 23.1 Å². The highest BCUT2D eigenvalue weighted by atomic mass is 16.7. The number of nitrogens with zero attached hydrogens (tertiary/aromatic N) is 2. The highest BCUT2D eigenvalue weighted by Gasteiger charge is 2.20. The monoisotopic (exact) mass is 290 g/mol. The van der Waals surface area contributed by atoms with Crippen molar-refractivity contribution >= 4 is 11.5 Å². The third kappa shape index (κ3) is 2.49. The molecule has 1 aliphatic rings. The smallest absolute Gasteiger partial charge is 0.331 e. The van der Waals surface area contributed by atoms with Gasteiger partial charge in [-0.05, 0) is 18.2 Å². The Hall–Kier alpha value is -3.07. The number of hydrazine groups is 1. The molecule has 0 saturated carbocycles. The number of hydrogen-bond acceptors (Lipinski definition) is 8. The lowest BCUT2D eigenvalue weighted by molar-refractivity contribution is -0.386. The molecule has 0 saturated heterocycles. The van der Waals surface area contributed by atoms with Crippen LogP contribution in [0.4, 0.5) is 11.5 Å². The maximum absolute atomic E-state index is 11.0. The van der Waals surface area contributed by atoms with Crippen molar-refractivity contribution in [1.82, 2.24) is 4.98 Å². The van der Waals surface area contributed by atoms with E-state index in [-0.39, 0.29) is 24.2 Å². The molecule has 2 heterocycles. The summed E-state index contributed by atoms with van der Waals surface area (Å²) in [6, 6.07) is 7.45. The zero-order valence-electron chi connectivity index (χ0n) is 10.6. The Kier molecular flexibility index (Phi) is 3.16. The Balaban J connectivity index is 1.95. The van der Waals surface area contributed by atoms with Crippen LogP contribution in [-0.4, -0.2) is 16.7 Å². The molecular formula is C12H10N4O5. The first kappa shape index (κ1) is 12.9. The molecule has 1 aromatic carbocycles. The minimum Gasteiger partial charge on any atom is -0.454 e. The van der Waals surface area contributed by atoms with Gasteiger partial charge in [0.1, 0.15) is 11.6 Å². The van der Waals surface area contributed by atoms with Crippen molar-refractivity contribution < 1.29 is 19.1 Å². The minimum absolute atomic E-state index is 0.129. The summed E-state index contributed by atoms with van der Waals surface area (Å²) < 4.78 is 15.8.